The molecule has 4 rings (SSSR count). The molecule has 0 N–H and O–H groups in total. The Morgan fingerprint density at radius 2 is 1.82 bits per heavy atom. The van der Waals surface area contributed by atoms with E-state index < -0.39 is 0 Å². The van der Waals surface area contributed by atoms with Gasteiger partial charge in [-0.1, -0.05) is 56.9 Å². The second-order valence-corrected chi connectivity index (χ2v) is 9.49. The Labute approximate surface area is 137 Å². The summed E-state index contributed by atoms with van der Waals surface area (Å²) in [6.07, 6.45) is 18.1. The first-order valence-corrected chi connectivity index (χ1v) is 9.81. The van der Waals surface area contributed by atoms with E-state index in [1.165, 1.54) is 57.8 Å². The highest BCUT2D eigenvalue weighted by Crippen LogP contribution is 2.68. The van der Waals surface area contributed by atoms with E-state index >= 15 is 0 Å². The van der Waals surface area contributed by atoms with Crippen molar-refractivity contribution in [2.75, 3.05) is 0 Å². The molecule has 0 spiro atoms. The molecule has 0 aromatic heterocycles. The minimum absolute atomic E-state index is 0.488. The number of hydrogen-bond acceptors (Lipinski definition) is 0. The predicted octanol–water partition coefficient (Wildman–Crippen LogP) is 6.68. The lowest BCUT2D eigenvalue weighted by Crippen LogP contribution is -2.51. The largest absolute Gasteiger partial charge is 0.0879 e. The van der Waals surface area contributed by atoms with Crippen molar-refractivity contribution in [1.82, 2.24) is 0 Å². The van der Waals surface area contributed by atoms with Crippen molar-refractivity contribution < 1.29 is 0 Å². The molecular formula is C22H34. The van der Waals surface area contributed by atoms with Crippen molar-refractivity contribution in [3.63, 3.8) is 0 Å². The van der Waals surface area contributed by atoms with Crippen molar-refractivity contribution in [3.8, 4) is 0 Å². The number of rotatable bonds is 0. The van der Waals surface area contributed by atoms with Crippen molar-refractivity contribution in [3.05, 3.63) is 23.3 Å². The monoisotopic (exact) mass is 298 g/mol. The molecule has 0 aromatic rings. The summed E-state index contributed by atoms with van der Waals surface area (Å²) < 4.78 is 0. The van der Waals surface area contributed by atoms with Gasteiger partial charge in [0.1, 0.15) is 0 Å². The van der Waals surface area contributed by atoms with Gasteiger partial charge < -0.3 is 0 Å². The van der Waals surface area contributed by atoms with E-state index in [9.17, 15) is 0 Å². The van der Waals surface area contributed by atoms with Gasteiger partial charge in [0, 0.05) is 0 Å². The molecule has 4 aliphatic rings. The molecule has 2 unspecified atom stereocenters. The highest BCUT2D eigenvalue weighted by Gasteiger charge is 2.58. The number of fused-ring (bicyclic) bond motifs is 5. The normalized spacial score (nSPS) is 52.7. The summed E-state index contributed by atoms with van der Waals surface area (Å²) in [5.74, 6) is 1.83. The third-order valence-corrected chi connectivity index (χ3v) is 8.89. The summed E-state index contributed by atoms with van der Waals surface area (Å²) in [6.45, 7) is 10.1. The lowest BCUT2D eigenvalue weighted by molar-refractivity contribution is -0.0213. The molecule has 0 heteroatoms. The Hall–Kier alpha value is -0.520. The quantitative estimate of drug-likeness (QED) is 0.438. The van der Waals surface area contributed by atoms with E-state index in [2.05, 4.69) is 39.8 Å². The first-order chi connectivity index (χ1) is 10.4. The van der Waals surface area contributed by atoms with E-state index in [4.69, 9.17) is 0 Å². The highest BCUT2D eigenvalue weighted by molar-refractivity contribution is 5.35. The third kappa shape index (κ3) is 1.70. The van der Waals surface area contributed by atoms with Crippen LogP contribution in [0.25, 0.3) is 0 Å². The summed E-state index contributed by atoms with van der Waals surface area (Å²) >= 11 is 0. The molecule has 0 aromatic carbocycles. The first-order valence-electron chi connectivity index (χ1n) is 9.81. The average Bonchev–Trinajstić information content (AvgIpc) is 2.84. The zero-order chi connectivity index (χ0) is 15.6. The molecule has 0 radical (unpaired) electrons. The Morgan fingerprint density at radius 3 is 2.59 bits per heavy atom. The van der Waals surface area contributed by atoms with Gasteiger partial charge in [0.25, 0.3) is 0 Å². The van der Waals surface area contributed by atoms with Crippen LogP contribution in [-0.4, -0.2) is 0 Å². The van der Waals surface area contributed by atoms with Crippen LogP contribution < -0.4 is 0 Å². The molecule has 4 aliphatic carbocycles. The van der Waals surface area contributed by atoms with Gasteiger partial charge >= 0.3 is 0 Å². The van der Waals surface area contributed by atoms with Gasteiger partial charge in [-0.3, -0.25) is 0 Å². The van der Waals surface area contributed by atoms with Crippen molar-refractivity contribution in [1.29, 1.82) is 0 Å². The SMILES string of the molecule is C/C=C1/CCC2C3CC[C@]4(C)CCCC[C@]4(C)C3=CC[C@]12C. The van der Waals surface area contributed by atoms with Crippen LogP contribution in [0.5, 0.6) is 0 Å². The average molecular weight is 299 g/mol. The van der Waals surface area contributed by atoms with Gasteiger partial charge in [-0.2, -0.15) is 0 Å². The van der Waals surface area contributed by atoms with Crippen molar-refractivity contribution in [2.24, 2.45) is 28.1 Å². The Kier molecular flexibility index (Phi) is 3.24. The van der Waals surface area contributed by atoms with Crippen LogP contribution in [0.3, 0.4) is 0 Å². The molecule has 122 valence electrons. The molecule has 22 heavy (non-hydrogen) atoms. The fourth-order valence-corrected chi connectivity index (χ4v) is 7.18. The van der Waals surface area contributed by atoms with Crippen LogP contribution in [0.2, 0.25) is 0 Å². The van der Waals surface area contributed by atoms with Crippen LogP contribution >= 0.6 is 0 Å². The smallest absolute Gasteiger partial charge is 0.00479 e. The summed E-state index contributed by atoms with van der Waals surface area (Å²) in [5, 5.41) is 0. The third-order valence-electron chi connectivity index (χ3n) is 8.89. The van der Waals surface area contributed by atoms with Gasteiger partial charge in [-0.05, 0) is 80.0 Å². The fourth-order valence-electron chi connectivity index (χ4n) is 7.18. The maximum Gasteiger partial charge on any atom is -0.00479 e. The first kappa shape index (κ1) is 15.0. The topological polar surface area (TPSA) is 0 Å². The summed E-state index contributed by atoms with van der Waals surface area (Å²) in [6, 6.07) is 0. The predicted molar refractivity (Wildman–Crippen MR) is 94.7 cm³/mol. The second-order valence-electron chi connectivity index (χ2n) is 9.49. The van der Waals surface area contributed by atoms with Crippen LogP contribution in [0, 0.1) is 28.1 Å². The van der Waals surface area contributed by atoms with E-state index in [0.29, 0.717) is 16.2 Å². The maximum atomic E-state index is 2.73. The molecule has 0 aliphatic heterocycles. The fraction of sp³-hybridized carbons (Fsp3) is 0.818. The highest BCUT2D eigenvalue weighted by atomic mass is 14.6. The second kappa shape index (κ2) is 4.74. The molecule has 0 bridgehead atoms. The lowest BCUT2D eigenvalue weighted by atomic mass is 9.44. The van der Waals surface area contributed by atoms with Crippen molar-refractivity contribution >= 4 is 0 Å². The molecule has 3 saturated carbocycles. The zero-order valence-corrected chi connectivity index (χ0v) is 15.2. The van der Waals surface area contributed by atoms with E-state index in [0.717, 1.165) is 11.8 Å². The Bertz CT molecular complexity index is 538. The Morgan fingerprint density at radius 1 is 1.05 bits per heavy atom. The minimum atomic E-state index is 0.488. The van der Waals surface area contributed by atoms with Gasteiger partial charge in [-0.25, -0.2) is 0 Å². The molecule has 3 fully saturated rings. The number of allylic oxidation sites excluding steroid dienone is 4. The molecule has 0 amide bonds. The van der Waals surface area contributed by atoms with Gasteiger partial charge in [0.05, 0.1) is 0 Å². The standard InChI is InChI=1S/C22H34/c1-5-16-8-9-18-17-10-14-20(2)12-6-7-13-22(20,4)19(17)11-15-21(16,18)3/h5,11,17-18H,6-10,12-15H2,1-4H3/b16-5-/t17?,18?,20-,21+,22+/m0/s1. The van der Waals surface area contributed by atoms with Crippen LogP contribution in [0.4, 0.5) is 0 Å². The summed E-state index contributed by atoms with van der Waals surface area (Å²) in [4.78, 5) is 0. The van der Waals surface area contributed by atoms with E-state index in [-0.39, 0.29) is 0 Å². The number of hydrogen-bond donors (Lipinski definition) is 0. The molecular weight excluding hydrogens is 264 g/mol. The summed E-state index contributed by atoms with van der Waals surface area (Å²) in [5.41, 5.74) is 5.25. The van der Waals surface area contributed by atoms with Crippen molar-refractivity contribution in [2.45, 2.75) is 85.5 Å². The molecule has 0 saturated heterocycles. The Balaban J connectivity index is 1.76. The molecule has 0 heterocycles. The van der Waals surface area contributed by atoms with E-state index in [1.807, 2.05) is 5.57 Å². The van der Waals surface area contributed by atoms with E-state index in [1.54, 1.807) is 5.57 Å². The zero-order valence-electron chi connectivity index (χ0n) is 15.2. The molecule has 0 nitrogen and oxygen atoms in total. The molecule has 5 atom stereocenters. The minimum Gasteiger partial charge on any atom is -0.0879 e. The van der Waals surface area contributed by atoms with Gasteiger partial charge in [0.15, 0.2) is 0 Å². The van der Waals surface area contributed by atoms with Crippen LogP contribution in [0.1, 0.15) is 85.5 Å². The van der Waals surface area contributed by atoms with Crippen LogP contribution in [0.15, 0.2) is 23.3 Å². The van der Waals surface area contributed by atoms with Gasteiger partial charge in [-0.15, -0.1) is 0 Å². The maximum absolute atomic E-state index is 2.73. The van der Waals surface area contributed by atoms with Crippen LogP contribution in [-0.2, 0) is 0 Å². The lowest BCUT2D eigenvalue weighted by Gasteiger charge is -2.60. The summed E-state index contributed by atoms with van der Waals surface area (Å²) in [7, 11) is 0. The van der Waals surface area contributed by atoms with Gasteiger partial charge in [0.2, 0.25) is 0 Å².